The summed E-state index contributed by atoms with van der Waals surface area (Å²) in [5, 5.41) is 3.90. The smallest absolute Gasteiger partial charge is 0.253 e. The van der Waals surface area contributed by atoms with E-state index in [0.29, 0.717) is 24.2 Å². The van der Waals surface area contributed by atoms with Crippen LogP contribution >= 0.6 is 0 Å². The van der Waals surface area contributed by atoms with Gasteiger partial charge in [0.05, 0.1) is 13.2 Å². The SMILES string of the molecule is COc1cccc(C(c2ccc(C(=O)N3CCCC3)cc2)N2C3CCC2C2CCC3N2)c1. The monoisotopic (exact) mass is 431 g/mol. The minimum absolute atomic E-state index is 0.173. The largest absolute Gasteiger partial charge is 0.497 e. The first-order chi connectivity index (χ1) is 15.7. The van der Waals surface area contributed by atoms with Crippen molar-refractivity contribution in [3.8, 4) is 5.75 Å². The molecule has 5 unspecified atom stereocenters. The summed E-state index contributed by atoms with van der Waals surface area (Å²) < 4.78 is 5.58. The number of carbonyl (C=O) groups excluding carboxylic acids is 1. The van der Waals surface area contributed by atoms with Crippen LogP contribution in [0.5, 0.6) is 5.75 Å². The second kappa shape index (κ2) is 8.20. The lowest BCUT2D eigenvalue weighted by Crippen LogP contribution is -2.59. The molecule has 0 aliphatic carbocycles. The van der Waals surface area contributed by atoms with Crippen LogP contribution in [0.3, 0.4) is 0 Å². The van der Waals surface area contributed by atoms with Crippen molar-refractivity contribution in [1.29, 1.82) is 0 Å². The molecule has 4 fully saturated rings. The summed E-state index contributed by atoms with van der Waals surface area (Å²) in [6.07, 6.45) is 7.36. The molecular weight excluding hydrogens is 398 g/mol. The third-order valence-electron chi connectivity index (χ3n) is 8.24. The van der Waals surface area contributed by atoms with Crippen molar-refractivity contribution in [3.63, 3.8) is 0 Å². The molecule has 6 rings (SSSR count). The molecule has 5 nitrogen and oxygen atoms in total. The van der Waals surface area contributed by atoms with E-state index in [4.69, 9.17) is 4.74 Å². The highest BCUT2D eigenvalue weighted by molar-refractivity contribution is 5.94. The molecule has 0 spiro atoms. The van der Waals surface area contributed by atoms with E-state index in [1.165, 1.54) is 36.8 Å². The van der Waals surface area contributed by atoms with Gasteiger partial charge < -0.3 is 15.0 Å². The summed E-state index contributed by atoms with van der Waals surface area (Å²) >= 11 is 0. The number of benzene rings is 2. The molecule has 168 valence electrons. The number of nitrogens with zero attached hydrogens (tertiary/aromatic N) is 2. The van der Waals surface area contributed by atoms with Crippen LogP contribution in [0.25, 0.3) is 0 Å². The van der Waals surface area contributed by atoms with Crippen LogP contribution in [-0.4, -0.2) is 60.1 Å². The molecule has 0 radical (unpaired) electrons. The highest BCUT2D eigenvalue weighted by Crippen LogP contribution is 2.47. The van der Waals surface area contributed by atoms with Gasteiger partial charge in [-0.2, -0.15) is 0 Å². The summed E-state index contributed by atoms with van der Waals surface area (Å²) in [6, 6.07) is 19.5. The number of ether oxygens (including phenoxy) is 1. The van der Waals surface area contributed by atoms with E-state index in [9.17, 15) is 4.79 Å². The maximum Gasteiger partial charge on any atom is 0.253 e. The second-order valence-electron chi connectivity index (χ2n) is 9.92. The number of carbonyl (C=O) groups is 1. The van der Waals surface area contributed by atoms with Crippen LogP contribution in [0.1, 0.15) is 66.1 Å². The lowest BCUT2D eigenvalue weighted by atomic mass is 9.92. The average molecular weight is 432 g/mol. The Kier molecular flexibility index (Phi) is 5.19. The molecule has 0 saturated carbocycles. The van der Waals surface area contributed by atoms with Gasteiger partial charge in [-0.25, -0.2) is 0 Å². The molecule has 4 aliphatic rings. The number of methoxy groups -OCH3 is 1. The molecule has 4 bridgehead atoms. The summed E-state index contributed by atoms with van der Waals surface area (Å²) in [5.41, 5.74) is 3.36. The Bertz CT molecular complexity index is 967. The van der Waals surface area contributed by atoms with E-state index >= 15 is 0 Å². The molecule has 0 aromatic heterocycles. The zero-order valence-corrected chi connectivity index (χ0v) is 18.9. The molecule has 4 aliphatic heterocycles. The third-order valence-corrected chi connectivity index (χ3v) is 8.24. The number of nitrogens with one attached hydrogen (secondary N) is 1. The van der Waals surface area contributed by atoms with E-state index < -0.39 is 0 Å². The van der Waals surface area contributed by atoms with Crippen molar-refractivity contribution in [3.05, 3.63) is 65.2 Å². The fourth-order valence-electron chi connectivity index (χ4n) is 6.75. The number of likely N-dealkylation sites (tertiary alicyclic amines) is 1. The van der Waals surface area contributed by atoms with Gasteiger partial charge in [0.2, 0.25) is 0 Å². The van der Waals surface area contributed by atoms with Crippen LogP contribution in [0.15, 0.2) is 48.5 Å². The zero-order chi connectivity index (χ0) is 21.7. The first kappa shape index (κ1) is 20.3. The van der Waals surface area contributed by atoms with E-state index in [2.05, 4.69) is 40.5 Å². The molecule has 5 heteroatoms. The first-order valence-electron chi connectivity index (χ1n) is 12.3. The molecule has 4 heterocycles. The van der Waals surface area contributed by atoms with Gasteiger partial charge in [-0.1, -0.05) is 24.3 Å². The third kappa shape index (κ3) is 3.34. The van der Waals surface area contributed by atoms with Crippen molar-refractivity contribution in [2.75, 3.05) is 20.2 Å². The molecule has 32 heavy (non-hydrogen) atoms. The maximum absolute atomic E-state index is 12.9. The Balaban J connectivity index is 1.37. The first-order valence-corrected chi connectivity index (χ1v) is 12.3. The van der Waals surface area contributed by atoms with Crippen molar-refractivity contribution < 1.29 is 9.53 Å². The highest BCUT2D eigenvalue weighted by Gasteiger charge is 2.52. The molecule has 2 aromatic carbocycles. The van der Waals surface area contributed by atoms with Gasteiger partial charge in [-0.05, 0) is 73.9 Å². The van der Waals surface area contributed by atoms with Gasteiger partial charge >= 0.3 is 0 Å². The zero-order valence-electron chi connectivity index (χ0n) is 18.9. The Hall–Kier alpha value is -2.37. The normalized spacial score (nSPS) is 30.0. The summed E-state index contributed by atoms with van der Waals surface area (Å²) in [7, 11) is 1.74. The van der Waals surface area contributed by atoms with E-state index in [1.807, 2.05) is 23.1 Å². The predicted molar refractivity (Wildman–Crippen MR) is 125 cm³/mol. The molecule has 2 aromatic rings. The number of fused-ring (bicyclic) bond motifs is 6. The number of rotatable bonds is 5. The second-order valence-corrected chi connectivity index (χ2v) is 9.92. The predicted octanol–water partition coefficient (Wildman–Crippen LogP) is 3.99. The topological polar surface area (TPSA) is 44.8 Å². The summed E-state index contributed by atoms with van der Waals surface area (Å²) in [4.78, 5) is 17.7. The number of amides is 1. The van der Waals surface area contributed by atoms with Crippen LogP contribution in [0.2, 0.25) is 0 Å². The van der Waals surface area contributed by atoms with Gasteiger partial charge in [-0.15, -0.1) is 0 Å². The van der Waals surface area contributed by atoms with Gasteiger partial charge in [-0.3, -0.25) is 9.69 Å². The fourth-order valence-corrected chi connectivity index (χ4v) is 6.75. The Labute approximate surface area is 190 Å². The number of hydrogen-bond acceptors (Lipinski definition) is 4. The average Bonchev–Trinajstić information content (AvgIpc) is 3.56. The van der Waals surface area contributed by atoms with Crippen LogP contribution in [0, 0.1) is 0 Å². The summed E-state index contributed by atoms with van der Waals surface area (Å²) in [5.74, 6) is 1.08. The molecule has 1 N–H and O–H groups in total. The highest BCUT2D eigenvalue weighted by atomic mass is 16.5. The van der Waals surface area contributed by atoms with Crippen LogP contribution in [0.4, 0.5) is 0 Å². The van der Waals surface area contributed by atoms with Crippen molar-refractivity contribution in [2.45, 2.75) is 68.7 Å². The molecule has 4 saturated heterocycles. The van der Waals surface area contributed by atoms with Gasteiger partial charge in [0.15, 0.2) is 0 Å². The standard InChI is InChI=1S/C27H33N3O2/c1-32-21-6-4-5-20(17-21)26(30-24-13-14-25(30)23-12-11-22(24)28-23)18-7-9-19(10-8-18)27(31)29-15-2-3-16-29/h4-10,17,22-26,28H,2-3,11-16H2,1H3. The molecular formula is C27H33N3O2. The quantitative estimate of drug-likeness (QED) is 0.778. The Morgan fingerprint density at radius 2 is 1.62 bits per heavy atom. The molecule has 1 amide bonds. The van der Waals surface area contributed by atoms with Gasteiger partial charge in [0, 0.05) is 42.8 Å². The van der Waals surface area contributed by atoms with Crippen LogP contribution in [-0.2, 0) is 0 Å². The van der Waals surface area contributed by atoms with E-state index in [1.54, 1.807) is 7.11 Å². The van der Waals surface area contributed by atoms with Crippen molar-refractivity contribution in [2.24, 2.45) is 0 Å². The minimum Gasteiger partial charge on any atom is -0.497 e. The van der Waals surface area contributed by atoms with E-state index in [0.717, 1.165) is 37.2 Å². The lowest BCUT2D eigenvalue weighted by Gasteiger charge is -2.45. The minimum atomic E-state index is 0.173. The van der Waals surface area contributed by atoms with Gasteiger partial charge in [0.1, 0.15) is 5.75 Å². The Morgan fingerprint density at radius 3 is 2.28 bits per heavy atom. The molecule has 5 atom stereocenters. The summed E-state index contributed by atoms with van der Waals surface area (Å²) in [6.45, 7) is 1.78. The van der Waals surface area contributed by atoms with Crippen molar-refractivity contribution in [1.82, 2.24) is 15.1 Å². The van der Waals surface area contributed by atoms with Gasteiger partial charge in [0.25, 0.3) is 5.91 Å². The van der Waals surface area contributed by atoms with E-state index in [-0.39, 0.29) is 11.9 Å². The Morgan fingerprint density at radius 1 is 0.938 bits per heavy atom. The number of hydrogen-bond donors (Lipinski definition) is 1. The van der Waals surface area contributed by atoms with Crippen LogP contribution < -0.4 is 10.1 Å². The van der Waals surface area contributed by atoms with Crippen molar-refractivity contribution >= 4 is 5.91 Å². The number of piperazine rings is 1. The fraction of sp³-hybridized carbons (Fsp3) is 0.519. The maximum atomic E-state index is 12.9. The lowest BCUT2D eigenvalue weighted by molar-refractivity contribution is 0.0789.